The Hall–Kier alpha value is -0.540. The summed E-state index contributed by atoms with van der Waals surface area (Å²) < 4.78 is 11.6. The van der Waals surface area contributed by atoms with Gasteiger partial charge in [-0.05, 0) is 23.2 Å². The van der Waals surface area contributed by atoms with Crippen molar-refractivity contribution in [1.82, 2.24) is 4.98 Å². The molecule has 1 aliphatic rings. The van der Waals surface area contributed by atoms with Crippen molar-refractivity contribution in [1.29, 1.82) is 0 Å². The zero-order valence-corrected chi connectivity index (χ0v) is 9.38. The molecule has 0 amide bonds. The van der Waals surface area contributed by atoms with Crippen LogP contribution in [0.15, 0.2) is 18.3 Å². The number of pyridine rings is 1. The van der Waals surface area contributed by atoms with Crippen LogP contribution in [0.25, 0.3) is 0 Å². The maximum Gasteiger partial charge on any atom is 0.132 e. The molecule has 0 spiro atoms. The third-order valence-corrected chi connectivity index (χ3v) is 4.13. The van der Waals surface area contributed by atoms with Gasteiger partial charge in [0.2, 0.25) is 0 Å². The molecule has 1 aliphatic heterocycles. The summed E-state index contributed by atoms with van der Waals surface area (Å²) >= 11 is -0.692. The van der Waals surface area contributed by atoms with Crippen molar-refractivity contribution < 1.29 is 4.55 Å². The molecule has 0 bridgehead atoms. The highest BCUT2D eigenvalue weighted by Gasteiger charge is 2.31. The molecule has 2 atom stereocenters. The average Bonchev–Trinajstić information content (AvgIpc) is 2.16. The summed E-state index contributed by atoms with van der Waals surface area (Å²) in [6.07, 6.45) is 1.84. The third kappa shape index (κ3) is 1.79. The summed E-state index contributed by atoms with van der Waals surface area (Å²) in [5, 5.41) is 0. The highest BCUT2D eigenvalue weighted by molar-refractivity contribution is 7.90. The Morgan fingerprint density at radius 1 is 1.57 bits per heavy atom. The lowest BCUT2D eigenvalue weighted by Crippen LogP contribution is -2.27. The van der Waals surface area contributed by atoms with E-state index in [0.29, 0.717) is 17.6 Å². The average molecular weight is 209 g/mol. The van der Waals surface area contributed by atoms with E-state index in [1.54, 1.807) is 0 Å². The summed E-state index contributed by atoms with van der Waals surface area (Å²) in [5.74, 6) is 2.36. The Kier molecular flexibility index (Phi) is 2.79. The van der Waals surface area contributed by atoms with E-state index in [1.165, 1.54) is 11.3 Å². The molecule has 2 unspecified atom stereocenters. The SMILES string of the molecule is CC(C)C1C[S+]([O-])Cc2cccnc21. The molecule has 0 saturated carbocycles. The molecular formula is C11H15NOS. The summed E-state index contributed by atoms with van der Waals surface area (Å²) in [7, 11) is 0. The Morgan fingerprint density at radius 2 is 2.36 bits per heavy atom. The van der Waals surface area contributed by atoms with Gasteiger partial charge in [-0.3, -0.25) is 4.98 Å². The van der Waals surface area contributed by atoms with Crippen LogP contribution in [0.2, 0.25) is 0 Å². The second kappa shape index (κ2) is 3.91. The summed E-state index contributed by atoms with van der Waals surface area (Å²) in [6.45, 7) is 4.34. The molecule has 14 heavy (non-hydrogen) atoms. The number of fused-ring (bicyclic) bond motifs is 1. The molecule has 0 aliphatic carbocycles. The molecule has 0 radical (unpaired) electrons. The fourth-order valence-corrected chi connectivity index (χ4v) is 3.58. The molecular weight excluding hydrogens is 194 g/mol. The summed E-state index contributed by atoms with van der Waals surface area (Å²) in [5.41, 5.74) is 2.35. The molecule has 0 saturated heterocycles. The summed E-state index contributed by atoms with van der Waals surface area (Å²) in [4.78, 5) is 4.42. The van der Waals surface area contributed by atoms with Crippen molar-refractivity contribution >= 4 is 11.2 Å². The molecule has 0 fully saturated rings. The quantitative estimate of drug-likeness (QED) is 0.664. The van der Waals surface area contributed by atoms with Gasteiger partial charge in [0.1, 0.15) is 11.5 Å². The smallest absolute Gasteiger partial charge is 0.132 e. The highest BCUT2D eigenvalue weighted by atomic mass is 32.2. The van der Waals surface area contributed by atoms with Crippen LogP contribution in [0.5, 0.6) is 0 Å². The molecule has 0 aromatic carbocycles. The van der Waals surface area contributed by atoms with Gasteiger partial charge < -0.3 is 4.55 Å². The first-order chi connectivity index (χ1) is 6.68. The van der Waals surface area contributed by atoms with Crippen LogP contribution >= 0.6 is 0 Å². The van der Waals surface area contributed by atoms with E-state index in [-0.39, 0.29) is 0 Å². The molecule has 2 heterocycles. The van der Waals surface area contributed by atoms with Crippen LogP contribution < -0.4 is 0 Å². The third-order valence-electron chi connectivity index (χ3n) is 2.76. The van der Waals surface area contributed by atoms with Crippen molar-refractivity contribution in [3.05, 3.63) is 29.6 Å². The predicted octanol–water partition coefficient (Wildman–Crippen LogP) is 2.08. The van der Waals surface area contributed by atoms with E-state index in [1.807, 2.05) is 12.3 Å². The monoisotopic (exact) mass is 209 g/mol. The Labute approximate surface area is 87.9 Å². The second-order valence-electron chi connectivity index (χ2n) is 4.15. The van der Waals surface area contributed by atoms with Gasteiger partial charge >= 0.3 is 0 Å². The highest BCUT2D eigenvalue weighted by Crippen LogP contribution is 2.32. The van der Waals surface area contributed by atoms with Crippen LogP contribution in [-0.4, -0.2) is 15.3 Å². The lowest BCUT2D eigenvalue weighted by Gasteiger charge is -2.28. The molecule has 76 valence electrons. The van der Waals surface area contributed by atoms with Gasteiger partial charge in [0.05, 0.1) is 5.69 Å². The zero-order chi connectivity index (χ0) is 10.1. The number of hydrogen-bond donors (Lipinski definition) is 0. The van der Waals surface area contributed by atoms with E-state index in [9.17, 15) is 4.55 Å². The van der Waals surface area contributed by atoms with E-state index in [4.69, 9.17) is 0 Å². The van der Waals surface area contributed by atoms with Crippen LogP contribution in [-0.2, 0) is 16.9 Å². The number of hydrogen-bond acceptors (Lipinski definition) is 2. The normalized spacial score (nSPS) is 26.3. The molecule has 2 rings (SSSR count). The van der Waals surface area contributed by atoms with E-state index < -0.39 is 11.2 Å². The first-order valence-corrected chi connectivity index (χ1v) is 6.46. The maximum absolute atomic E-state index is 11.6. The van der Waals surface area contributed by atoms with Crippen molar-refractivity contribution in [2.45, 2.75) is 25.5 Å². The van der Waals surface area contributed by atoms with Crippen molar-refractivity contribution in [3.8, 4) is 0 Å². The molecule has 1 aromatic heterocycles. The van der Waals surface area contributed by atoms with Crippen molar-refractivity contribution in [3.63, 3.8) is 0 Å². The minimum Gasteiger partial charge on any atom is -0.616 e. The molecule has 0 N–H and O–H groups in total. The van der Waals surface area contributed by atoms with Gasteiger partial charge in [-0.25, -0.2) is 0 Å². The number of rotatable bonds is 1. The van der Waals surface area contributed by atoms with Crippen molar-refractivity contribution in [2.75, 3.05) is 5.75 Å². The molecule has 1 aromatic rings. The largest absolute Gasteiger partial charge is 0.616 e. The molecule has 2 nitrogen and oxygen atoms in total. The fraction of sp³-hybridized carbons (Fsp3) is 0.545. The predicted molar refractivity (Wildman–Crippen MR) is 58.5 cm³/mol. The second-order valence-corrected chi connectivity index (χ2v) is 5.65. The Balaban J connectivity index is 2.38. The van der Waals surface area contributed by atoms with Gasteiger partial charge in [0, 0.05) is 17.7 Å². The number of nitrogens with zero attached hydrogens (tertiary/aromatic N) is 1. The first kappa shape index (κ1) is 9.99. The standard InChI is InChI=1S/C11H15NOS/c1-8(2)10-7-14(13)6-9-4-3-5-12-11(9)10/h3-5,8,10H,6-7H2,1-2H3. The van der Waals surface area contributed by atoms with Crippen LogP contribution in [0.4, 0.5) is 0 Å². The van der Waals surface area contributed by atoms with E-state index in [2.05, 4.69) is 24.9 Å². The summed E-state index contributed by atoms with van der Waals surface area (Å²) in [6, 6.07) is 3.98. The fourth-order valence-electron chi connectivity index (χ4n) is 1.93. The topological polar surface area (TPSA) is 36.0 Å². The Morgan fingerprint density at radius 3 is 3.07 bits per heavy atom. The zero-order valence-electron chi connectivity index (χ0n) is 8.56. The van der Waals surface area contributed by atoms with Gasteiger partial charge in [0.25, 0.3) is 0 Å². The Bertz CT molecular complexity index is 327. The number of aromatic nitrogens is 1. The van der Waals surface area contributed by atoms with Crippen LogP contribution in [0.3, 0.4) is 0 Å². The van der Waals surface area contributed by atoms with Gasteiger partial charge in [-0.15, -0.1) is 0 Å². The first-order valence-electron chi connectivity index (χ1n) is 4.97. The van der Waals surface area contributed by atoms with Gasteiger partial charge in [-0.1, -0.05) is 19.9 Å². The lowest BCUT2D eigenvalue weighted by atomic mass is 9.91. The van der Waals surface area contributed by atoms with Crippen LogP contribution in [0, 0.1) is 5.92 Å². The molecule has 3 heteroatoms. The van der Waals surface area contributed by atoms with Gasteiger partial charge in [0.15, 0.2) is 0 Å². The van der Waals surface area contributed by atoms with E-state index in [0.717, 1.165) is 5.75 Å². The van der Waals surface area contributed by atoms with Crippen LogP contribution in [0.1, 0.15) is 31.0 Å². The minimum absolute atomic E-state index is 0.376. The van der Waals surface area contributed by atoms with Crippen molar-refractivity contribution in [2.24, 2.45) is 5.92 Å². The van der Waals surface area contributed by atoms with E-state index >= 15 is 0 Å². The maximum atomic E-state index is 11.6. The lowest BCUT2D eigenvalue weighted by molar-refractivity contribution is 0.500. The van der Waals surface area contributed by atoms with Gasteiger partial charge in [-0.2, -0.15) is 0 Å². The minimum atomic E-state index is -0.692.